The predicted molar refractivity (Wildman–Crippen MR) is 69.7 cm³/mol. The van der Waals surface area contributed by atoms with Gasteiger partial charge in [-0.3, -0.25) is 9.59 Å². The summed E-state index contributed by atoms with van der Waals surface area (Å²) in [5, 5.41) is 17.7. The van der Waals surface area contributed by atoms with Crippen LogP contribution in [0.3, 0.4) is 0 Å². The summed E-state index contributed by atoms with van der Waals surface area (Å²) in [7, 11) is 0. The van der Waals surface area contributed by atoms with Gasteiger partial charge in [0.1, 0.15) is 18.8 Å². The molecule has 0 aliphatic rings. The Balaban J connectivity index is 3.06. The number of benzene rings is 1. The van der Waals surface area contributed by atoms with Gasteiger partial charge >= 0.3 is 11.9 Å². The third kappa shape index (κ3) is 4.87. The van der Waals surface area contributed by atoms with Crippen molar-refractivity contribution in [2.24, 2.45) is 0 Å². The summed E-state index contributed by atoms with van der Waals surface area (Å²) < 4.78 is 5.56. The number of carbonyl (C=O) groups is 2. The number of hydrogen-bond donors (Lipinski definition) is 2. The molecule has 0 aliphatic heterocycles. The van der Waals surface area contributed by atoms with Crippen LogP contribution in [0.25, 0.3) is 0 Å². The lowest BCUT2D eigenvalue weighted by Crippen LogP contribution is -2.34. The van der Waals surface area contributed by atoms with E-state index in [0.29, 0.717) is 11.4 Å². The predicted octanol–water partition coefficient (Wildman–Crippen LogP) is 1.45. The standard InChI is InChI=1S/C13H17NO5/c1-9(2)19-11-6-4-3-5-10(11)14(7-12(15)16)8-13(17)18/h3-6,9H,7-8H2,1-2H3,(H,15,16)(H,17,18). The van der Waals surface area contributed by atoms with Gasteiger partial charge in [-0.1, -0.05) is 12.1 Å². The molecule has 1 rings (SSSR count). The third-order valence-corrected chi connectivity index (χ3v) is 2.22. The lowest BCUT2D eigenvalue weighted by molar-refractivity contribution is -0.136. The van der Waals surface area contributed by atoms with Gasteiger partial charge in [0, 0.05) is 0 Å². The van der Waals surface area contributed by atoms with Crippen molar-refractivity contribution in [2.75, 3.05) is 18.0 Å². The first-order valence-corrected chi connectivity index (χ1v) is 5.84. The number of hydrogen-bond acceptors (Lipinski definition) is 4. The second kappa shape index (κ2) is 6.63. The van der Waals surface area contributed by atoms with Crippen LogP contribution < -0.4 is 9.64 Å². The smallest absolute Gasteiger partial charge is 0.323 e. The lowest BCUT2D eigenvalue weighted by Gasteiger charge is -2.24. The van der Waals surface area contributed by atoms with Crippen molar-refractivity contribution in [1.82, 2.24) is 0 Å². The monoisotopic (exact) mass is 267 g/mol. The van der Waals surface area contributed by atoms with Gasteiger partial charge in [0.15, 0.2) is 0 Å². The Hall–Kier alpha value is -2.24. The molecule has 104 valence electrons. The van der Waals surface area contributed by atoms with E-state index in [4.69, 9.17) is 14.9 Å². The number of ether oxygens (including phenoxy) is 1. The second-order valence-corrected chi connectivity index (χ2v) is 4.28. The summed E-state index contributed by atoms with van der Waals surface area (Å²) in [5.74, 6) is -1.72. The Morgan fingerprint density at radius 3 is 2.16 bits per heavy atom. The van der Waals surface area contributed by atoms with Crippen LogP contribution in [0.4, 0.5) is 5.69 Å². The highest BCUT2D eigenvalue weighted by atomic mass is 16.5. The van der Waals surface area contributed by atoms with Gasteiger partial charge in [-0.2, -0.15) is 0 Å². The molecule has 0 heterocycles. The highest BCUT2D eigenvalue weighted by molar-refractivity contribution is 5.80. The number of carboxylic acid groups (broad SMARTS) is 2. The fraction of sp³-hybridized carbons (Fsp3) is 0.385. The first kappa shape index (κ1) is 14.8. The Morgan fingerprint density at radius 1 is 1.16 bits per heavy atom. The minimum atomic E-state index is -1.10. The Bertz CT molecular complexity index is 442. The molecular weight excluding hydrogens is 250 g/mol. The number of nitrogens with zero attached hydrogens (tertiary/aromatic N) is 1. The SMILES string of the molecule is CC(C)Oc1ccccc1N(CC(=O)O)CC(=O)O. The molecule has 0 saturated carbocycles. The number of aliphatic carboxylic acids is 2. The number of anilines is 1. The molecular formula is C13H17NO5. The molecule has 0 aromatic heterocycles. The fourth-order valence-electron chi connectivity index (χ4n) is 1.62. The van der Waals surface area contributed by atoms with E-state index in [9.17, 15) is 9.59 Å². The van der Waals surface area contributed by atoms with Gasteiger partial charge in [0.05, 0.1) is 11.8 Å². The van der Waals surface area contributed by atoms with Crippen molar-refractivity contribution < 1.29 is 24.5 Å². The minimum absolute atomic E-state index is 0.0855. The number of rotatable bonds is 7. The van der Waals surface area contributed by atoms with Crippen LogP contribution in [0, 0.1) is 0 Å². The molecule has 0 atom stereocenters. The summed E-state index contributed by atoms with van der Waals surface area (Å²) in [6, 6.07) is 6.79. The summed E-state index contributed by atoms with van der Waals surface area (Å²) in [6.45, 7) is 2.89. The van der Waals surface area contributed by atoms with E-state index in [2.05, 4.69) is 0 Å². The average molecular weight is 267 g/mol. The van der Waals surface area contributed by atoms with E-state index in [1.165, 1.54) is 4.90 Å². The molecule has 0 fully saturated rings. The van der Waals surface area contributed by atoms with Gasteiger partial charge in [0.2, 0.25) is 0 Å². The van der Waals surface area contributed by atoms with Crippen LogP contribution in [0.5, 0.6) is 5.75 Å². The Labute approximate surface area is 111 Å². The van der Waals surface area contributed by atoms with E-state index in [1.54, 1.807) is 24.3 Å². The molecule has 0 bridgehead atoms. The topological polar surface area (TPSA) is 87.1 Å². The van der Waals surface area contributed by atoms with Crippen molar-refractivity contribution in [3.63, 3.8) is 0 Å². The zero-order valence-corrected chi connectivity index (χ0v) is 10.9. The maximum Gasteiger partial charge on any atom is 0.323 e. The summed E-state index contributed by atoms with van der Waals surface area (Å²) in [6.07, 6.45) is -0.0855. The molecule has 0 aliphatic carbocycles. The summed E-state index contributed by atoms with van der Waals surface area (Å²) >= 11 is 0. The zero-order valence-electron chi connectivity index (χ0n) is 10.9. The average Bonchev–Trinajstić information content (AvgIpc) is 2.26. The van der Waals surface area contributed by atoms with Crippen LogP contribution in [-0.2, 0) is 9.59 Å². The molecule has 0 unspecified atom stereocenters. The molecule has 0 amide bonds. The highest BCUT2D eigenvalue weighted by Crippen LogP contribution is 2.28. The quantitative estimate of drug-likeness (QED) is 0.777. The minimum Gasteiger partial charge on any atom is -0.489 e. The molecule has 0 spiro atoms. The largest absolute Gasteiger partial charge is 0.489 e. The second-order valence-electron chi connectivity index (χ2n) is 4.28. The van der Waals surface area contributed by atoms with E-state index in [-0.39, 0.29) is 6.10 Å². The van der Waals surface area contributed by atoms with Gasteiger partial charge in [0.25, 0.3) is 0 Å². The van der Waals surface area contributed by atoms with Gasteiger partial charge in [-0.15, -0.1) is 0 Å². The third-order valence-electron chi connectivity index (χ3n) is 2.22. The molecule has 19 heavy (non-hydrogen) atoms. The molecule has 2 N–H and O–H groups in total. The van der Waals surface area contributed by atoms with Crippen molar-refractivity contribution >= 4 is 17.6 Å². The van der Waals surface area contributed by atoms with E-state index in [0.717, 1.165) is 0 Å². The van der Waals surface area contributed by atoms with E-state index >= 15 is 0 Å². The summed E-state index contributed by atoms with van der Waals surface area (Å²) in [5.41, 5.74) is 0.459. The summed E-state index contributed by atoms with van der Waals surface area (Å²) in [4.78, 5) is 22.9. The van der Waals surface area contributed by atoms with Crippen molar-refractivity contribution in [3.8, 4) is 5.75 Å². The van der Waals surface area contributed by atoms with Crippen LogP contribution in [0.1, 0.15) is 13.8 Å². The highest BCUT2D eigenvalue weighted by Gasteiger charge is 2.18. The Morgan fingerprint density at radius 2 is 1.68 bits per heavy atom. The van der Waals surface area contributed by atoms with Crippen molar-refractivity contribution in [2.45, 2.75) is 20.0 Å². The maximum atomic E-state index is 10.8. The van der Waals surface area contributed by atoms with Crippen LogP contribution in [0.2, 0.25) is 0 Å². The van der Waals surface area contributed by atoms with Crippen molar-refractivity contribution in [3.05, 3.63) is 24.3 Å². The molecule has 0 saturated heterocycles. The van der Waals surface area contributed by atoms with Gasteiger partial charge < -0.3 is 19.8 Å². The molecule has 1 aromatic rings. The van der Waals surface area contributed by atoms with Crippen LogP contribution in [-0.4, -0.2) is 41.3 Å². The molecule has 0 radical (unpaired) electrons. The number of carboxylic acids is 2. The maximum absolute atomic E-state index is 10.8. The Kier molecular flexibility index (Phi) is 5.17. The zero-order chi connectivity index (χ0) is 14.4. The van der Waals surface area contributed by atoms with Crippen LogP contribution >= 0.6 is 0 Å². The molecule has 6 heteroatoms. The molecule has 6 nitrogen and oxygen atoms in total. The number of para-hydroxylation sites is 2. The van der Waals surface area contributed by atoms with Crippen LogP contribution in [0.15, 0.2) is 24.3 Å². The normalized spacial score (nSPS) is 10.3. The lowest BCUT2D eigenvalue weighted by atomic mass is 10.2. The van der Waals surface area contributed by atoms with Crippen molar-refractivity contribution in [1.29, 1.82) is 0 Å². The fourth-order valence-corrected chi connectivity index (χ4v) is 1.62. The van der Waals surface area contributed by atoms with Gasteiger partial charge in [-0.25, -0.2) is 0 Å². The molecule has 1 aromatic carbocycles. The van der Waals surface area contributed by atoms with Gasteiger partial charge in [-0.05, 0) is 26.0 Å². The first-order chi connectivity index (χ1) is 8.90. The first-order valence-electron chi connectivity index (χ1n) is 5.84. The van der Waals surface area contributed by atoms with E-state index < -0.39 is 25.0 Å². The van der Waals surface area contributed by atoms with E-state index in [1.807, 2.05) is 13.8 Å².